The predicted octanol–water partition coefficient (Wildman–Crippen LogP) is 4.44. The van der Waals surface area contributed by atoms with Crippen LogP contribution < -0.4 is 4.31 Å². The minimum atomic E-state index is -3.73. The Kier molecular flexibility index (Phi) is 3.87. The van der Waals surface area contributed by atoms with Gasteiger partial charge in [-0.25, -0.2) is 8.42 Å². The van der Waals surface area contributed by atoms with Crippen molar-refractivity contribution >= 4 is 38.9 Å². The van der Waals surface area contributed by atoms with Crippen molar-refractivity contribution in [2.75, 3.05) is 4.31 Å². The molecule has 6 heteroatoms. The maximum Gasteiger partial charge on any atom is 0.266 e. The normalized spacial score (nSPS) is 17.6. The highest BCUT2D eigenvalue weighted by Crippen LogP contribution is 2.39. The van der Waals surface area contributed by atoms with Gasteiger partial charge in [0.2, 0.25) is 0 Å². The molecule has 1 aliphatic rings. The highest BCUT2D eigenvalue weighted by atomic mass is 35.5. The topological polar surface area (TPSA) is 37.4 Å². The smallest absolute Gasteiger partial charge is 0.263 e. The van der Waals surface area contributed by atoms with E-state index in [1.807, 2.05) is 31.2 Å². The van der Waals surface area contributed by atoms with Crippen LogP contribution in [0.4, 0.5) is 5.69 Å². The van der Waals surface area contributed by atoms with Gasteiger partial charge in [0.05, 0.1) is 10.7 Å². The van der Waals surface area contributed by atoms with E-state index in [4.69, 9.17) is 23.2 Å². The van der Waals surface area contributed by atoms with Crippen LogP contribution in [0.3, 0.4) is 0 Å². The molecule has 0 saturated heterocycles. The molecule has 0 N–H and O–H groups in total. The van der Waals surface area contributed by atoms with Crippen LogP contribution in [0.15, 0.2) is 41.3 Å². The van der Waals surface area contributed by atoms with Gasteiger partial charge < -0.3 is 0 Å². The minimum absolute atomic E-state index is 0.0969. The molecule has 0 radical (unpaired) electrons. The van der Waals surface area contributed by atoms with Crippen molar-refractivity contribution in [3.63, 3.8) is 0 Å². The fourth-order valence-electron chi connectivity index (χ4n) is 2.84. The van der Waals surface area contributed by atoms with Gasteiger partial charge in [-0.1, -0.05) is 41.4 Å². The molecule has 0 aliphatic carbocycles. The van der Waals surface area contributed by atoms with Gasteiger partial charge >= 0.3 is 0 Å². The lowest BCUT2D eigenvalue weighted by Gasteiger charge is -2.25. The van der Waals surface area contributed by atoms with Crippen molar-refractivity contribution < 1.29 is 8.42 Å². The van der Waals surface area contributed by atoms with Crippen LogP contribution in [0.5, 0.6) is 0 Å². The number of rotatable bonds is 2. The van der Waals surface area contributed by atoms with E-state index < -0.39 is 10.0 Å². The van der Waals surface area contributed by atoms with Gasteiger partial charge in [0.15, 0.2) is 0 Å². The summed E-state index contributed by atoms with van der Waals surface area (Å²) in [4.78, 5) is 0.0969. The second kappa shape index (κ2) is 5.44. The third-order valence-electron chi connectivity index (χ3n) is 3.89. The summed E-state index contributed by atoms with van der Waals surface area (Å²) < 4.78 is 27.6. The molecular formula is C16H15Cl2NO2S. The van der Waals surface area contributed by atoms with Crippen LogP contribution in [-0.2, 0) is 16.4 Å². The molecule has 1 heterocycles. The Labute approximate surface area is 140 Å². The molecule has 0 saturated carbocycles. The van der Waals surface area contributed by atoms with Crippen molar-refractivity contribution in [2.24, 2.45) is 0 Å². The van der Waals surface area contributed by atoms with Gasteiger partial charge in [-0.15, -0.1) is 0 Å². The molecule has 0 aromatic heterocycles. The Morgan fingerprint density at radius 3 is 2.55 bits per heavy atom. The van der Waals surface area contributed by atoms with Crippen LogP contribution in [-0.4, -0.2) is 14.5 Å². The molecule has 116 valence electrons. The van der Waals surface area contributed by atoms with Crippen molar-refractivity contribution in [3.8, 4) is 0 Å². The number of hydrogen-bond donors (Lipinski definition) is 0. The fourth-order valence-corrected chi connectivity index (χ4v) is 5.34. The van der Waals surface area contributed by atoms with Gasteiger partial charge in [0.1, 0.15) is 4.90 Å². The van der Waals surface area contributed by atoms with Gasteiger partial charge in [0, 0.05) is 11.1 Å². The van der Waals surface area contributed by atoms with E-state index in [1.165, 1.54) is 16.4 Å². The summed E-state index contributed by atoms with van der Waals surface area (Å²) in [6, 6.07) is 10.4. The average molecular weight is 356 g/mol. The van der Waals surface area contributed by atoms with E-state index in [0.29, 0.717) is 17.0 Å². The average Bonchev–Trinajstić information content (AvgIpc) is 2.79. The van der Waals surface area contributed by atoms with Gasteiger partial charge in [0.25, 0.3) is 10.0 Å². The molecule has 3 nitrogen and oxygen atoms in total. The van der Waals surface area contributed by atoms with E-state index in [-0.39, 0.29) is 16.0 Å². The van der Waals surface area contributed by atoms with E-state index in [1.54, 1.807) is 6.92 Å². The molecule has 2 aromatic carbocycles. The Balaban J connectivity index is 2.17. The van der Waals surface area contributed by atoms with E-state index in [0.717, 1.165) is 11.3 Å². The van der Waals surface area contributed by atoms with Gasteiger partial charge in [-0.05, 0) is 49.6 Å². The molecule has 0 amide bonds. The number of anilines is 1. The highest BCUT2D eigenvalue weighted by Gasteiger charge is 2.37. The Morgan fingerprint density at radius 1 is 1.14 bits per heavy atom. The Hall–Kier alpha value is -1.23. The van der Waals surface area contributed by atoms with Gasteiger partial charge in [-0.3, -0.25) is 4.31 Å². The second-order valence-corrected chi connectivity index (χ2v) is 8.11. The number of aryl methyl sites for hydroxylation is 1. The van der Waals surface area contributed by atoms with E-state index >= 15 is 0 Å². The maximum absolute atomic E-state index is 13.1. The molecule has 2 aromatic rings. The molecule has 0 bridgehead atoms. The molecular weight excluding hydrogens is 341 g/mol. The molecule has 1 atom stereocenters. The third kappa shape index (κ3) is 2.39. The summed E-state index contributed by atoms with van der Waals surface area (Å²) in [5, 5.41) is 0.603. The highest BCUT2D eigenvalue weighted by molar-refractivity contribution is 7.93. The largest absolute Gasteiger partial charge is 0.266 e. The first-order valence-corrected chi connectivity index (χ1v) is 9.10. The first-order chi connectivity index (χ1) is 10.3. The predicted molar refractivity (Wildman–Crippen MR) is 90.5 cm³/mol. The number of halogens is 2. The molecule has 3 rings (SSSR count). The quantitative estimate of drug-likeness (QED) is 0.798. The first-order valence-electron chi connectivity index (χ1n) is 6.90. The first kappa shape index (κ1) is 15.7. The molecule has 0 spiro atoms. The SMILES string of the molecule is Cc1cc(S(=O)(=O)N2c3ccccc3C[C@H]2C)c(Cl)cc1Cl. The second-order valence-electron chi connectivity index (χ2n) is 5.51. The Morgan fingerprint density at radius 2 is 1.82 bits per heavy atom. The zero-order valence-electron chi connectivity index (χ0n) is 12.2. The lowest BCUT2D eigenvalue weighted by molar-refractivity contribution is 0.584. The van der Waals surface area contributed by atoms with Gasteiger partial charge in [-0.2, -0.15) is 0 Å². The summed E-state index contributed by atoms with van der Waals surface area (Å²) in [5.74, 6) is 0. The van der Waals surface area contributed by atoms with Crippen LogP contribution in [0, 0.1) is 6.92 Å². The summed E-state index contributed by atoms with van der Waals surface area (Å²) in [6.07, 6.45) is 0.694. The lowest BCUT2D eigenvalue weighted by atomic mass is 10.1. The number of hydrogen-bond acceptors (Lipinski definition) is 2. The van der Waals surface area contributed by atoms with Crippen LogP contribution >= 0.6 is 23.2 Å². The maximum atomic E-state index is 13.1. The monoisotopic (exact) mass is 355 g/mol. The van der Waals surface area contributed by atoms with Crippen molar-refractivity contribution in [3.05, 3.63) is 57.6 Å². The van der Waals surface area contributed by atoms with Crippen molar-refractivity contribution in [2.45, 2.75) is 31.2 Å². The number of nitrogens with zero attached hydrogens (tertiary/aromatic N) is 1. The standard InChI is InChI=1S/C16H15Cl2NO2S/c1-10-7-16(14(18)9-13(10)17)22(20,21)19-11(2)8-12-5-3-4-6-15(12)19/h3-7,9,11H,8H2,1-2H3/t11-/m1/s1. The third-order valence-corrected chi connectivity index (χ3v) is 6.69. The summed E-state index contributed by atoms with van der Waals surface area (Å²) in [5.41, 5.74) is 2.43. The summed E-state index contributed by atoms with van der Waals surface area (Å²) in [6.45, 7) is 3.66. The minimum Gasteiger partial charge on any atom is -0.263 e. The number of para-hydroxylation sites is 1. The zero-order valence-corrected chi connectivity index (χ0v) is 14.5. The number of benzene rings is 2. The fraction of sp³-hybridized carbons (Fsp3) is 0.250. The number of fused-ring (bicyclic) bond motifs is 1. The van der Waals surface area contributed by atoms with Crippen LogP contribution in [0.1, 0.15) is 18.1 Å². The summed E-state index contributed by atoms with van der Waals surface area (Å²) in [7, 11) is -3.73. The molecule has 0 fully saturated rings. The van der Waals surface area contributed by atoms with Crippen LogP contribution in [0.2, 0.25) is 10.0 Å². The van der Waals surface area contributed by atoms with Crippen molar-refractivity contribution in [1.82, 2.24) is 0 Å². The Bertz CT molecular complexity index is 849. The number of sulfonamides is 1. The summed E-state index contributed by atoms with van der Waals surface area (Å²) >= 11 is 12.2. The van der Waals surface area contributed by atoms with Crippen molar-refractivity contribution in [1.29, 1.82) is 0 Å². The lowest BCUT2D eigenvalue weighted by Crippen LogP contribution is -2.35. The molecule has 22 heavy (non-hydrogen) atoms. The molecule has 0 unspecified atom stereocenters. The van der Waals surface area contributed by atoms with E-state index in [9.17, 15) is 8.42 Å². The van der Waals surface area contributed by atoms with E-state index in [2.05, 4.69) is 0 Å². The van der Waals surface area contributed by atoms with Crippen LogP contribution in [0.25, 0.3) is 0 Å². The molecule has 1 aliphatic heterocycles. The zero-order chi connectivity index (χ0) is 16.1.